The predicted octanol–water partition coefficient (Wildman–Crippen LogP) is 0.674. The molecule has 0 aromatic carbocycles. The standard InChI is InChI=1S/C13H21N5O2/c1-3-20-7-12-17-10(14)6-11(18-12)15-8(2)13(19)16-9-4-5-9/h6,8-9H,3-5,7H2,1-2H3,(H,16,19)(H3,14,15,17,18). The second-order valence-corrected chi connectivity index (χ2v) is 4.88. The molecule has 1 aliphatic carbocycles. The van der Waals surface area contributed by atoms with Crippen LogP contribution in [0.4, 0.5) is 11.6 Å². The Kier molecular flexibility index (Phi) is 4.73. The number of carbonyl (C=O) groups is 1. The number of carbonyl (C=O) groups excluding carboxylic acids is 1. The molecule has 7 heteroatoms. The second-order valence-electron chi connectivity index (χ2n) is 4.88. The number of nitrogen functional groups attached to an aromatic ring is 1. The minimum absolute atomic E-state index is 0.0314. The summed E-state index contributed by atoms with van der Waals surface area (Å²) in [7, 11) is 0. The Balaban J connectivity index is 1.96. The molecule has 0 bridgehead atoms. The van der Waals surface area contributed by atoms with E-state index in [0.717, 1.165) is 12.8 Å². The van der Waals surface area contributed by atoms with Gasteiger partial charge in [-0.25, -0.2) is 9.97 Å². The van der Waals surface area contributed by atoms with E-state index < -0.39 is 0 Å². The molecule has 1 aromatic heterocycles. The van der Waals surface area contributed by atoms with E-state index in [1.165, 1.54) is 0 Å². The number of hydrogen-bond acceptors (Lipinski definition) is 6. The van der Waals surface area contributed by atoms with Crippen molar-refractivity contribution < 1.29 is 9.53 Å². The molecule has 0 saturated heterocycles. The van der Waals surface area contributed by atoms with E-state index in [4.69, 9.17) is 10.5 Å². The molecular formula is C13H21N5O2. The van der Waals surface area contributed by atoms with E-state index in [2.05, 4.69) is 20.6 Å². The Morgan fingerprint density at radius 1 is 1.55 bits per heavy atom. The Hall–Kier alpha value is -1.89. The third-order valence-corrected chi connectivity index (χ3v) is 2.91. The van der Waals surface area contributed by atoms with Crippen LogP contribution in [0.2, 0.25) is 0 Å². The van der Waals surface area contributed by atoms with Gasteiger partial charge in [0.25, 0.3) is 0 Å². The lowest BCUT2D eigenvalue weighted by Crippen LogP contribution is -2.38. The molecule has 1 heterocycles. The molecule has 1 aliphatic rings. The number of amides is 1. The van der Waals surface area contributed by atoms with Crippen LogP contribution in [-0.2, 0) is 16.1 Å². The molecule has 1 unspecified atom stereocenters. The molecule has 1 atom stereocenters. The van der Waals surface area contributed by atoms with Crippen LogP contribution in [-0.4, -0.2) is 34.6 Å². The van der Waals surface area contributed by atoms with Crippen LogP contribution >= 0.6 is 0 Å². The van der Waals surface area contributed by atoms with E-state index >= 15 is 0 Å². The van der Waals surface area contributed by atoms with Gasteiger partial charge in [-0.1, -0.05) is 0 Å². The van der Waals surface area contributed by atoms with Crippen molar-refractivity contribution in [1.29, 1.82) is 0 Å². The summed E-state index contributed by atoms with van der Waals surface area (Å²) in [6.45, 7) is 4.58. The van der Waals surface area contributed by atoms with Gasteiger partial charge in [0.1, 0.15) is 24.3 Å². The van der Waals surface area contributed by atoms with E-state index in [9.17, 15) is 4.79 Å². The maximum absolute atomic E-state index is 11.9. The number of anilines is 2. The summed E-state index contributed by atoms with van der Waals surface area (Å²) in [5.41, 5.74) is 5.73. The van der Waals surface area contributed by atoms with Gasteiger partial charge in [-0.3, -0.25) is 4.79 Å². The van der Waals surface area contributed by atoms with Crippen molar-refractivity contribution in [3.63, 3.8) is 0 Å². The van der Waals surface area contributed by atoms with Crippen LogP contribution < -0.4 is 16.4 Å². The Morgan fingerprint density at radius 3 is 2.95 bits per heavy atom. The van der Waals surface area contributed by atoms with Crippen LogP contribution in [0.1, 0.15) is 32.5 Å². The van der Waals surface area contributed by atoms with Crippen molar-refractivity contribution in [1.82, 2.24) is 15.3 Å². The minimum Gasteiger partial charge on any atom is -0.384 e. The van der Waals surface area contributed by atoms with E-state index in [1.54, 1.807) is 13.0 Å². The van der Waals surface area contributed by atoms with E-state index in [1.807, 2.05) is 6.92 Å². The fourth-order valence-corrected chi connectivity index (χ4v) is 1.69. The zero-order valence-corrected chi connectivity index (χ0v) is 11.8. The Bertz CT molecular complexity index is 476. The highest BCUT2D eigenvalue weighted by Gasteiger charge is 2.25. The molecule has 1 fully saturated rings. The first-order valence-corrected chi connectivity index (χ1v) is 6.86. The molecule has 0 aliphatic heterocycles. The van der Waals surface area contributed by atoms with Crippen molar-refractivity contribution in [2.24, 2.45) is 0 Å². The molecule has 1 amide bonds. The summed E-state index contributed by atoms with van der Waals surface area (Å²) in [5.74, 6) is 1.36. The number of ether oxygens (including phenoxy) is 1. The summed E-state index contributed by atoms with van der Waals surface area (Å²) in [6.07, 6.45) is 2.13. The minimum atomic E-state index is -0.371. The van der Waals surface area contributed by atoms with Crippen molar-refractivity contribution in [3.05, 3.63) is 11.9 Å². The highest BCUT2D eigenvalue weighted by atomic mass is 16.5. The van der Waals surface area contributed by atoms with Crippen molar-refractivity contribution in [2.75, 3.05) is 17.7 Å². The first-order chi connectivity index (χ1) is 9.58. The molecule has 110 valence electrons. The fraction of sp³-hybridized carbons (Fsp3) is 0.615. The average molecular weight is 279 g/mol. The van der Waals surface area contributed by atoms with Crippen molar-refractivity contribution in [3.8, 4) is 0 Å². The quantitative estimate of drug-likeness (QED) is 0.678. The van der Waals surface area contributed by atoms with Crippen LogP contribution in [0.3, 0.4) is 0 Å². The number of nitrogens with one attached hydrogen (secondary N) is 2. The number of aromatic nitrogens is 2. The van der Waals surface area contributed by atoms with Gasteiger partial charge < -0.3 is 21.1 Å². The zero-order chi connectivity index (χ0) is 14.5. The molecule has 7 nitrogen and oxygen atoms in total. The summed E-state index contributed by atoms with van der Waals surface area (Å²) in [6, 6.07) is 1.58. The topological polar surface area (TPSA) is 102 Å². The van der Waals surface area contributed by atoms with E-state index in [-0.39, 0.29) is 11.9 Å². The molecule has 2 rings (SSSR count). The molecule has 0 spiro atoms. The zero-order valence-electron chi connectivity index (χ0n) is 11.8. The molecule has 4 N–H and O–H groups in total. The molecule has 1 aromatic rings. The highest BCUT2D eigenvalue weighted by molar-refractivity contribution is 5.84. The highest BCUT2D eigenvalue weighted by Crippen LogP contribution is 2.19. The number of rotatable bonds is 7. The van der Waals surface area contributed by atoms with Gasteiger partial charge in [-0.15, -0.1) is 0 Å². The van der Waals surface area contributed by atoms with Gasteiger partial charge in [0, 0.05) is 18.7 Å². The maximum atomic E-state index is 11.9. The first kappa shape index (κ1) is 14.5. The summed E-state index contributed by atoms with van der Waals surface area (Å²) in [4.78, 5) is 20.2. The first-order valence-electron chi connectivity index (χ1n) is 6.86. The lowest BCUT2D eigenvalue weighted by molar-refractivity contribution is -0.121. The van der Waals surface area contributed by atoms with Gasteiger partial charge >= 0.3 is 0 Å². The van der Waals surface area contributed by atoms with Gasteiger partial charge in [-0.05, 0) is 26.7 Å². The van der Waals surface area contributed by atoms with Gasteiger partial charge in [0.05, 0.1) is 0 Å². The molecular weight excluding hydrogens is 258 g/mol. The molecule has 0 radical (unpaired) electrons. The van der Waals surface area contributed by atoms with Crippen LogP contribution in [0.5, 0.6) is 0 Å². The predicted molar refractivity (Wildman–Crippen MR) is 76.0 cm³/mol. The molecule has 1 saturated carbocycles. The number of nitrogens with two attached hydrogens (primary N) is 1. The maximum Gasteiger partial charge on any atom is 0.242 e. The number of nitrogens with zero attached hydrogens (tertiary/aromatic N) is 2. The lowest BCUT2D eigenvalue weighted by atomic mass is 10.3. The fourth-order valence-electron chi connectivity index (χ4n) is 1.69. The van der Waals surface area contributed by atoms with Crippen LogP contribution in [0.25, 0.3) is 0 Å². The van der Waals surface area contributed by atoms with Crippen LogP contribution in [0.15, 0.2) is 6.07 Å². The Morgan fingerprint density at radius 2 is 2.30 bits per heavy atom. The third kappa shape index (κ3) is 4.34. The van der Waals surface area contributed by atoms with Gasteiger partial charge in [0.15, 0.2) is 5.82 Å². The summed E-state index contributed by atoms with van der Waals surface area (Å²) in [5, 5.41) is 5.97. The second kappa shape index (κ2) is 6.51. The molecule has 20 heavy (non-hydrogen) atoms. The summed E-state index contributed by atoms with van der Waals surface area (Å²) >= 11 is 0. The van der Waals surface area contributed by atoms with Crippen molar-refractivity contribution >= 4 is 17.5 Å². The monoisotopic (exact) mass is 279 g/mol. The smallest absolute Gasteiger partial charge is 0.242 e. The summed E-state index contributed by atoms with van der Waals surface area (Å²) < 4.78 is 5.26. The average Bonchev–Trinajstić information content (AvgIpc) is 3.19. The lowest BCUT2D eigenvalue weighted by Gasteiger charge is -2.15. The SMILES string of the molecule is CCOCc1nc(N)cc(NC(C)C(=O)NC2CC2)n1. The van der Waals surface area contributed by atoms with Gasteiger partial charge in [-0.2, -0.15) is 0 Å². The van der Waals surface area contributed by atoms with Gasteiger partial charge in [0.2, 0.25) is 5.91 Å². The van der Waals surface area contributed by atoms with Crippen LogP contribution in [0, 0.1) is 0 Å². The Labute approximate surface area is 118 Å². The third-order valence-electron chi connectivity index (χ3n) is 2.91. The van der Waals surface area contributed by atoms with E-state index in [0.29, 0.717) is 36.7 Å². The normalized spacial score (nSPS) is 15.7. The largest absolute Gasteiger partial charge is 0.384 e. The van der Waals surface area contributed by atoms with Crippen molar-refractivity contribution in [2.45, 2.75) is 45.4 Å². The number of hydrogen-bond donors (Lipinski definition) is 3.